The van der Waals surface area contributed by atoms with Crippen molar-refractivity contribution in [3.63, 3.8) is 0 Å². The van der Waals surface area contributed by atoms with Crippen LogP contribution in [0.3, 0.4) is 0 Å². The third-order valence-corrected chi connectivity index (χ3v) is 3.41. The van der Waals surface area contributed by atoms with Gasteiger partial charge in [-0.15, -0.1) is 0 Å². The lowest BCUT2D eigenvalue weighted by Crippen LogP contribution is -2.23. The first-order valence-corrected chi connectivity index (χ1v) is 7.35. The molecule has 0 fully saturated rings. The minimum atomic E-state index is 0.0918. The fraction of sp³-hybridized carbons (Fsp3) is 0.500. The molecule has 0 radical (unpaired) electrons. The number of likely N-dealkylation sites (N-methyl/N-ethyl adjacent to an activating group) is 1. The normalized spacial score (nSPS) is 14.0. The van der Waals surface area contributed by atoms with Crippen molar-refractivity contribution in [3.05, 3.63) is 47.6 Å². The quantitative estimate of drug-likeness (QED) is 0.809. The topological polar surface area (TPSA) is 60.2 Å². The summed E-state index contributed by atoms with van der Waals surface area (Å²) in [5.41, 5.74) is 1.23. The van der Waals surface area contributed by atoms with E-state index in [0.29, 0.717) is 24.6 Å². The second-order valence-electron chi connectivity index (χ2n) is 5.08. The number of hydrogen-bond donors (Lipinski definition) is 1. The van der Waals surface area contributed by atoms with Crippen molar-refractivity contribution in [1.82, 2.24) is 15.5 Å². The zero-order chi connectivity index (χ0) is 15.1. The van der Waals surface area contributed by atoms with Gasteiger partial charge in [-0.1, -0.05) is 42.4 Å². The lowest BCUT2D eigenvalue weighted by Gasteiger charge is -2.16. The smallest absolute Gasteiger partial charge is 0.228 e. The van der Waals surface area contributed by atoms with E-state index in [-0.39, 0.29) is 12.1 Å². The fourth-order valence-electron chi connectivity index (χ4n) is 2.21. The van der Waals surface area contributed by atoms with Crippen LogP contribution in [-0.2, 0) is 17.6 Å². The van der Waals surface area contributed by atoms with Gasteiger partial charge in [0.25, 0.3) is 0 Å². The molecule has 21 heavy (non-hydrogen) atoms. The highest BCUT2D eigenvalue weighted by atomic mass is 16.5. The molecular weight excluding hydrogens is 266 g/mol. The Balaban J connectivity index is 2.04. The molecule has 0 bridgehead atoms. The number of rotatable bonds is 8. The predicted molar refractivity (Wildman–Crippen MR) is 81.0 cm³/mol. The molecule has 114 valence electrons. The molecule has 1 N–H and O–H groups in total. The lowest BCUT2D eigenvalue weighted by atomic mass is 10.0. The SMILES string of the molecule is CCNC(Cc1nc(CC(C)OC)no1)c1ccccc1. The van der Waals surface area contributed by atoms with Gasteiger partial charge in [0.1, 0.15) is 0 Å². The van der Waals surface area contributed by atoms with E-state index in [1.54, 1.807) is 7.11 Å². The van der Waals surface area contributed by atoms with Crippen LogP contribution in [-0.4, -0.2) is 29.9 Å². The van der Waals surface area contributed by atoms with Gasteiger partial charge in [0.2, 0.25) is 5.89 Å². The molecule has 5 nitrogen and oxygen atoms in total. The Morgan fingerprint density at radius 3 is 2.67 bits per heavy atom. The molecule has 5 heteroatoms. The number of hydrogen-bond acceptors (Lipinski definition) is 5. The molecule has 0 amide bonds. The summed E-state index contributed by atoms with van der Waals surface area (Å²) in [6.07, 6.45) is 1.44. The first-order valence-electron chi connectivity index (χ1n) is 7.35. The summed E-state index contributed by atoms with van der Waals surface area (Å²) in [5, 5.41) is 7.47. The van der Waals surface area contributed by atoms with Crippen molar-refractivity contribution in [3.8, 4) is 0 Å². The van der Waals surface area contributed by atoms with Gasteiger partial charge in [0, 0.05) is 26.0 Å². The summed E-state index contributed by atoms with van der Waals surface area (Å²) in [6.45, 7) is 4.97. The molecule has 1 aromatic heterocycles. The number of nitrogens with one attached hydrogen (secondary N) is 1. The average molecular weight is 289 g/mol. The number of ether oxygens (including phenoxy) is 1. The molecule has 0 saturated carbocycles. The van der Waals surface area contributed by atoms with Crippen molar-refractivity contribution in [1.29, 1.82) is 0 Å². The second-order valence-corrected chi connectivity index (χ2v) is 5.08. The minimum absolute atomic E-state index is 0.0918. The maximum Gasteiger partial charge on any atom is 0.228 e. The largest absolute Gasteiger partial charge is 0.381 e. The Kier molecular flexibility index (Phi) is 5.90. The van der Waals surface area contributed by atoms with Crippen molar-refractivity contribution in [2.24, 2.45) is 0 Å². The molecular formula is C16H23N3O2. The van der Waals surface area contributed by atoms with E-state index in [0.717, 1.165) is 6.54 Å². The molecule has 1 heterocycles. The molecule has 0 aliphatic carbocycles. The van der Waals surface area contributed by atoms with E-state index < -0.39 is 0 Å². The van der Waals surface area contributed by atoms with E-state index >= 15 is 0 Å². The van der Waals surface area contributed by atoms with Crippen molar-refractivity contribution < 1.29 is 9.26 Å². The van der Waals surface area contributed by atoms with Crippen LogP contribution in [0.4, 0.5) is 0 Å². The minimum Gasteiger partial charge on any atom is -0.381 e. The summed E-state index contributed by atoms with van der Waals surface area (Å²) in [6, 6.07) is 10.5. The third-order valence-electron chi connectivity index (χ3n) is 3.41. The molecule has 1 aromatic carbocycles. The third kappa shape index (κ3) is 4.65. The number of nitrogens with zero attached hydrogens (tertiary/aromatic N) is 2. The van der Waals surface area contributed by atoms with Crippen LogP contribution in [0.25, 0.3) is 0 Å². The van der Waals surface area contributed by atoms with Crippen molar-refractivity contribution in [2.75, 3.05) is 13.7 Å². The van der Waals surface area contributed by atoms with Gasteiger partial charge < -0.3 is 14.6 Å². The van der Waals surface area contributed by atoms with Crippen molar-refractivity contribution >= 4 is 0 Å². The van der Waals surface area contributed by atoms with Gasteiger partial charge in [0.05, 0.1) is 6.10 Å². The fourth-order valence-corrected chi connectivity index (χ4v) is 2.21. The Labute approximate surface area is 125 Å². The molecule has 0 aliphatic heterocycles. The molecule has 0 saturated heterocycles. The first kappa shape index (κ1) is 15.7. The molecule has 2 aromatic rings. The van der Waals surface area contributed by atoms with Crippen LogP contribution in [0.15, 0.2) is 34.9 Å². The second kappa shape index (κ2) is 7.90. The van der Waals surface area contributed by atoms with Gasteiger partial charge >= 0.3 is 0 Å². The zero-order valence-corrected chi connectivity index (χ0v) is 12.9. The molecule has 2 rings (SSSR count). The van der Waals surface area contributed by atoms with E-state index in [9.17, 15) is 0 Å². The highest BCUT2D eigenvalue weighted by Gasteiger charge is 2.16. The number of aromatic nitrogens is 2. The highest BCUT2D eigenvalue weighted by molar-refractivity contribution is 5.19. The maximum absolute atomic E-state index is 5.35. The highest BCUT2D eigenvalue weighted by Crippen LogP contribution is 2.17. The van der Waals surface area contributed by atoms with Crippen LogP contribution in [0.5, 0.6) is 0 Å². The van der Waals surface area contributed by atoms with Gasteiger partial charge in [-0.3, -0.25) is 0 Å². The Bertz CT molecular complexity index is 527. The predicted octanol–water partition coefficient (Wildman–Crippen LogP) is 2.54. The molecule has 2 unspecified atom stereocenters. The summed E-state index contributed by atoms with van der Waals surface area (Å²) < 4.78 is 10.6. The number of methoxy groups -OCH3 is 1. The first-order chi connectivity index (χ1) is 10.2. The summed E-state index contributed by atoms with van der Waals surface area (Å²) >= 11 is 0. The summed E-state index contributed by atoms with van der Waals surface area (Å²) in [7, 11) is 1.68. The summed E-state index contributed by atoms with van der Waals surface area (Å²) in [5.74, 6) is 1.35. The Hall–Kier alpha value is -1.72. The van der Waals surface area contributed by atoms with Crippen LogP contribution in [0, 0.1) is 0 Å². The summed E-state index contributed by atoms with van der Waals surface area (Å²) in [4.78, 5) is 4.45. The monoisotopic (exact) mass is 289 g/mol. The molecule has 0 spiro atoms. The van der Waals surface area contributed by atoms with Gasteiger partial charge in [0.15, 0.2) is 5.82 Å². The van der Waals surface area contributed by atoms with Crippen LogP contribution in [0.2, 0.25) is 0 Å². The molecule has 2 atom stereocenters. The van der Waals surface area contributed by atoms with Crippen LogP contribution >= 0.6 is 0 Å². The van der Waals surface area contributed by atoms with Gasteiger partial charge in [-0.2, -0.15) is 4.98 Å². The zero-order valence-electron chi connectivity index (χ0n) is 12.9. The number of benzene rings is 1. The van der Waals surface area contributed by atoms with Crippen LogP contribution < -0.4 is 5.32 Å². The van der Waals surface area contributed by atoms with Crippen LogP contribution in [0.1, 0.15) is 37.2 Å². The average Bonchev–Trinajstić information content (AvgIpc) is 2.94. The van der Waals surface area contributed by atoms with E-state index in [1.807, 2.05) is 25.1 Å². The van der Waals surface area contributed by atoms with E-state index in [4.69, 9.17) is 9.26 Å². The maximum atomic E-state index is 5.35. The lowest BCUT2D eigenvalue weighted by molar-refractivity contribution is 0.116. The van der Waals surface area contributed by atoms with Gasteiger partial charge in [-0.25, -0.2) is 0 Å². The van der Waals surface area contributed by atoms with Crippen molar-refractivity contribution in [2.45, 2.75) is 38.8 Å². The van der Waals surface area contributed by atoms with E-state index in [1.165, 1.54) is 5.56 Å². The standard InChI is InChI=1S/C16H23N3O2/c1-4-17-14(13-8-6-5-7-9-13)11-16-18-15(19-21-16)10-12(2)20-3/h5-9,12,14,17H,4,10-11H2,1-3H3. The Morgan fingerprint density at radius 2 is 2.00 bits per heavy atom. The van der Waals surface area contributed by atoms with Gasteiger partial charge in [-0.05, 0) is 19.0 Å². The Morgan fingerprint density at radius 1 is 1.24 bits per heavy atom. The molecule has 0 aliphatic rings. The van der Waals surface area contributed by atoms with E-state index in [2.05, 4.69) is 34.5 Å².